The standard InChI is InChI=1S/C27H49N/c1-5-7-9-10-11-12-13-14-16-22-27(28)26(21-15-8-6-2)25-20-18-17-19-24(25)23(3)4/h17-20,23,26-27H,5-16,21-22,28H2,1-4H3. The molecule has 1 aromatic rings. The van der Waals surface area contributed by atoms with Gasteiger partial charge in [0.2, 0.25) is 0 Å². The third-order valence-corrected chi connectivity index (χ3v) is 6.29. The molecule has 0 aliphatic carbocycles. The first-order valence-corrected chi connectivity index (χ1v) is 12.5. The predicted molar refractivity (Wildman–Crippen MR) is 127 cm³/mol. The van der Waals surface area contributed by atoms with Crippen LogP contribution < -0.4 is 5.73 Å². The molecule has 0 aliphatic heterocycles. The van der Waals surface area contributed by atoms with Crippen LogP contribution in [0.2, 0.25) is 0 Å². The molecule has 0 fully saturated rings. The maximum absolute atomic E-state index is 6.80. The summed E-state index contributed by atoms with van der Waals surface area (Å²) in [4.78, 5) is 0. The molecule has 1 heteroatoms. The highest BCUT2D eigenvalue weighted by Crippen LogP contribution is 2.33. The van der Waals surface area contributed by atoms with E-state index in [4.69, 9.17) is 5.73 Å². The van der Waals surface area contributed by atoms with Crippen LogP contribution in [0.1, 0.15) is 141 Å². The number of benzene rings is 1. The zero-order valence-electron chi connectivity index (χ0n) is 19.5. The lowest BCUT2D eigenvalue weighted by Gasteiger charge is -2.28. The van der Waals surface area contributed by atoms with Crippen molar-refractivity contribution in [1.82, 2.24) is 0 Å². The molecule has 0 aliphatic rings. The van der Waals surface area contributed by atoms with Gasteiger partial charge in [-0.2, -0.15) is 0 Å². The van der Waals surface area contributed by atoms with E-state index in [1.165, 1.54) is 101 Å². The van der Waals surface area contributed by atoms with Crippen molar-refractivity contribution in [3.8, 4) is 0 Å². The molecule has 2 unspecified atom stereocenters. The van der Waals surface area contributed by atoms with Crippen LogP contribution >= 0.6 is 0 Å². The molecule has 0 radical (unpaired) electrons. The molecule has 0 amide bonds. The van der Waals surface area contributed by atoms with Gasteiger partial charge in [-0.1, -0.05) is 129 Å². The van der Waals surface area contributed by atoms with E-state index in [1.807, 2.05) is 0 Å². The average Bonchev–Trinajstić information content (AvgIpc) is 2.70. The zero-order chi connectivity index (χ0) is 20.6. The Labute approximate surface area is 176 Å². The Morgan fingerprint density at radius 1 is 0.643 bits per heavy atom. The second-order valence-electron chi connectivity index (χ2n) is 9.17. The predicted octanol–water partition coefficient (Wildman–Crippen LogP) is 8.72. The van der Waals surface area contributed by atoms with Crippen LogP contribution in [-0.4, -0.2) is 6.04 Å². The largest absolute Gasteiger partial charge is 0.327 e. The molecule has 0 spiro atoms. The van der Waals surface area contributed by atoms with E-state index in [1.54, 1.807) is 0 Å². The lowest BCUT2D eigenvalue weighted by atomic mass is 9.80. The lowest BCUT2D eigenvalue weighted by molar-refractivity contribution is 0.431. The number of unbranched alkanes of at least 4 members (excludes halogenated alkanes) is 10. The Bertz CT molecular complexity index is 479. The van der Waals surface area contributed by atoms with Crippen LogP contribution in [0.3, 0.4) is 0 Å². The normalized spacial score (nSPS) is 13.8. The molecule has 2 atom stereocenters. The maximum atomic E-state index is 6.80. The van der Waals surface area contributed by atoms with Gasteiger partial charge in [-0.05, 0) is 35.8 Å². The Balaban J connectivity index is 2.49. The molecule has 0 heterocycles. The van der Waals surface area contributed by atoms with Crippen molar-refractivity contribution in [3.63, 3.8) is 0 Å². The van der Waals surface area contributed by atoms with Crippen molar-refractivity contribution in [3.05, 3.63) is 35.4 Å². The highest BCUT2D eigenvalue weighted by atomic mass is 14.6. The van der Waals surface area contributed by atoms with Gasteiger partial charge in [0.15, 0.2) is 0 Å². The van der Waals surface area contributed by atoms with Crippen molar-refractivity contribution in [1.29, 1.82) is 0 Å². The first-order chi connectivity index (χ1) is 13.6. The quantitative estimate of drug-likeness (QED) is 0.266. The van der Waals surface area contributed by atoms with Crippen LogP contribution in [0.5, 0.6) is 0 Å². The second kappa shape index (κ2) is 16.0. The van der Waals surface area contributed by atoms with Crippen LogP contribution in [0.4, 0.5) is 0 Å². The fourth-order valence-corrected chi connectivity index (χ4v) is 4.48. The van der Waals surface area contributed by atoms with Crippen LogP contribution in [0.15, 0.2) is 24.3 Å². The summed E-state index contributed by atoms with van der Waals surface area (Å²) in [5.74, 6) is 1.10. The summed E-state index contributed by atoms with van der Waals surface area (Å²) in [6.07, 6.45) is 18.8. The number of hydrogen-bond acceptors (Lipinski definition) is 1. The minimum atomic E-state index is 0.307. The topological polar surface area (TPSA) is 26.0 Å². The van der Waals surface area contributed by atoms with Gasteiger partial charge in [-0.3, -0.25) is 0 Å². The first kappa shape index (κ1) is 25.2. The smallest absolute Gasteiger partial charge is 0.0108 e. The summed E-state index contributed by atoms with van der Waals surface area (Å²) in [6.45, 7) is 9.21. The van der Waals surface area contributed by atoms with E-state index in [0.717, 1.165) is 0 Å². The van der Waals surface area contributed by atoms with Crippen molar-refractivity contribution in [2.24, 2.45) is 5.73 Å². The molecule has 0 aromatic heterocycles. The minimum absolute atomic E-state index is 0.307. The number of nitrogens with two attached hydrogens (primary N) is 1. The summed E-state index contributed by atoms with van der Waals surface area (Å²) in [6, 6.07) is 9.37. The first-order valence-electron chi connectivity index (χ1n) is 12.5. The summed E-state index contributed by atoms with van der Waals surface area (Å²) >= 11 is 0. The fourth-order valence-electron chi connectivity index (χ4n) is 4.48. The molecule has 0 saturated heterocycles. The summed E-state index contributed by atoms with van der Waals surface area (Å²) in [7, 11) is 0. The van der Waals surface area contributed by atoms with E-state index in [-0.39, 0.29) is 0 Å². The third kappa shape index (κ3) is 10.1. The van der Waals surface area contributed by atoms with E-state index >= 15 is 0 Å². The highest BCUT2D eigenvalue weighted by Gasteiger charge is 2.22. The van der Waals surface area contributed by atoms with E-state index in [9.17, 15) is 0 Å². The molecule has 162 valence electrons. The SMILES string of the molecule is CCCCCCCCCCCC(N)C(CCCCC)c1ccccc1C(C)C. The van der Waals surface area contributed by atoms with Gasteiger partial charge in [-0.25, -0.2) is 0 Å². The van der Waals surface area contributed by atoms with Crippen molar-refractivity contribution in [2.75, 3.05) is 0 Å². The Hall–Kier alpha value is -0.820. The van der Waals surface area contributed by atoms with Gasteiger partial charge in [-0.15, -0.1) is 0 Å². The highest BCUT2D eigenvalue weighted by molar-refractivity contribution is 5.33. The molecule has 1 nitrogen and oxygen atoms in total. The van der Waals surface area contributed by atoms with Gasteiger partial charge in [0.25, 0.3) is 0 Å². The molecule has 28 heavy (non-hydrogen) atoms. The molecule has 1 aromatic carbocycles. The van der Waals surface area contributed by atoms with Crippen LogP contribution in [0, 0.1) is 0 Å². The lowest BCUT2D eigenvalue weighted by Crippen LogP contribution is -2.29. The van der Waals surface area contributed by atoms with Gasteiger partial charge < -0.3 is 5.73 Å². The maximum Gasteiger partial charge on any atom is 0.0108 e. The fraction of sp³-hybridized carbons (Fsp3) is 0.778. The van der Waals surface area contributed by atoms with Gasteiger partial charge in [0.05, 0.1) is 0 Å². The molecule has 2 N–H and O–H groups in total. The second-order valence-corrected chi connectivity index (χ2v) is 9.17. The molecule has 0 saturated carbocycles. The number of hydrogen-bond donors (Lipinski definition) is 1. The Morgan fingerprint density at radius 2 is 1.11 bits per heavy atom. The van der Waals surface area contributed by atoms with Crippen molar-refractivity contribution >= 4 is 0 Å². The van der Waals surface area contributed by atoms with Gasteiger partial charge >= 0.3 is 0 Å². The monoisotopic (exact) mass is 387 g/mol. The summed E-state index contributed by atoms with van der Waals surface area (Å²) in [5, 5.41) is 0. The Morgan fingerprint density at radius 3 is 1.68 bits per heavy atom. The van der Waals surface area contributed by atoms with Gasteiger partial charge in [0.1, 0.15) is 0 Å². The van der Waals surface area contributed by atoms with Crippen molar-refractivity contribution in [2.45, 2.75) is 135 Å². The third-order valence-electron chi connectivity index (χ3n) is 6.29. The summed E-state index contributed by atoms with van der Waals surface area (Å²) < 4.78 is 0. The van der Waals surface area contributed by atoms with Crippen LogP contribution in [0.25, 0.3) is 0 Å². The molecular formula is C27H49N. The molecular weight excluding hydrogens is 338 g/mol. The molecule has 1 rings (SSSR count). The van der Waals surface area contributed by atoms with E-state index < -0.39 is 0 Å². The van der Waals surface area contributed by atoms with Crippen molar-refractivity contribution < 1.29 is 0 Å². The molecule has 0 bridgehead atoms. The van der Waals surface area contributed by atoms with Gasteiger partial charge in [0, 0.05) is 6.04 Å². The minimum Gasteiger partial charge on any atom is -0.327 e. The number of rotatable bonds is 17. The average molecular weight is 388 g/mol. The zero-order valence-corrected chi connectivity index (χ0v) is 19.5. The van der Waals surface area contributed by atoms with E-state index in [2.05, 4.69) is 52.0 Å². The summed E-state index contributed by atoms with van der Waals surface area (Å²) in [5.41, 5.74) is 9.83. The van der Waals surface area contributed by atoms with Crippen LogP contribution in [-0.2, 0) is 0 Å². The Kier molecular flexibility index (Phi) is 14.4. The van der Waals surface area contributed by atoms with E-state index in [0.29, 0.717) is 17.9 Å².